The Morgan fingerprint density at radius 1 is 0.892 bits per heavy atom. The van der Waals surface area contributed by atoms with E-state index in [1.807, 2.05) is 6.08 Å². The molecule has 2 aromatic carbocycles. The maximum absolute atomic E-state index is 14.9. The van der Waals surface area contributed by atoms with Crippen LogP contribution < -0.4 is 9.47 Å². The van der Waals surface area contributed by atoms with Crippen molar-refractivity contribution in [1.29, 1.82) is 0 Å². The van der Waals surface area contributed by atoms with Crippen LogP contribution in [0.5, 0.6) is 11.5 Å². The molecule has 37 heavy (non-hydrogen) atoms. The van der Waals surface area contributed by atoms with Crippen LogP contribution in [0.4, 0.5) is 17.6 Å². The molecule has 0 spiro atoms. The Morgan fingerprint density at radius 3 is 2.14 bits per heavy atom. The van der Waals surface area contributed by atoms with Crippen LogP contribution in [-0.4, -0.2) is 19.3 Å². The molecule has 0 aromatic heterocycles. The van der Waals surface area contributed by atoms with Crippen molar-refractivity contribution >= 4 is 5.97 Å². The van der Waals surface area contributed by atoms with Gasteiger partial charge in [0, 0.05) is 0 Å². The van der Waals surface area contributed by atoms with E-state index in [1.165, 1.54) is 25.0 Å². The first-order chi connectivity index (χ1) is 17.9. The number of rotatable bonds is 8. The number of allylic oxidation sites excluding steroid dienone is 2. The Bertz CT molecular complexity index is 1100. The number of ether oxygens (including phenoxy) is 2. The minimum absolute atomic E-state index is 0.149. The Labute approximate surface area is 215 Å². The van der Waals surface area contributed by atoms with Gasteiger partial charge in [0.05, 0.1) is 12.2 Å². The molecule has 200 valence electrons. The summed E-state index contributed by atoms with van der Waals surface area (Å²) in [5.41, 5.74) is 0.510. The molecule has 0 aliphatic heterocycles. The van der Waals surface area contributed by atoms with Crippen molar-refractivity contribution in [3.63, 3.8) is 0 Å². The number of hydrogen-bond acceptors (Lipinski definition) is 3. The van der Waals surface area contributed by atoms with Gasteiger partial charge >= 0.3 is 5.97 Å². The molecule has 0 bridgehead atoms. The first-order valence-electron chi connectivity index (χ1n) is 13.3. The third-order valence-electron chi connectivity index (χ3n) is 7.95. The molecule has 3 nitrogen and oxygen atoms in total. The van der Waals surface area contributed by atoms with Crippen molar-refractivity contribution in [2.45, 2.75) is 64.2 Å². The molecule has 2 aliphatic rings. The zero-order chi connectivity index (χ0) is 26.4. The van der Waals surface area contributed by atoms with Gasteiger partial charge in [0.2, 0.25) is 11.6 Å². The van der Waals surface area contributed by atoms with E-state index in [9.17, 15) is 22.4 Å². The second kappa shape index (κ2) is 12.6. The molecule has 0 amide bonds. The lowest BCUT2D eigenvalue weighted by atomic mass is 9.68. The maximum atomic E-state index is 14.9. The average Bonchev–Trinajstić information content (AvgIpc) is 2.92. The number of halogens is 4. The van der Waals surface area contributed by atoms with Crippen LogP contribution in [0.2, 0.25) is 0 Å². The number of hydrogen-bond donors (Lipinski definition) is 0. The number of carbonyl (C=O) groups is 1. The number of carbonyl (C=O) groups excluding carboxylic acids is 1. The van der Waals surface area contributed by atoms with Crippen LogP contribution in [0.25, 0.3) is 0 Å². The third kappa shape index (κ3) is 6.55. The Morgan fingerprint density at radius 2 is 1.51 bits per heavy atom. The van der Waals surface area contributed by atoms with Crippen LogP contribution in [0.1, 0.15) is 80.1 Å². The highest BCUT2D eigenvalue weighted by Crippen LogP contribution is 2.44. The molecule has 7 heteroatoms. The van der Waals surface area contributed by atoms with Gasteiger partial charge < -0.3 is 9.47 Å². The summed E-state index contributed by atoms with van der Waals surface area (Å²) in [6, 6.07) is 6.69. The van der Waals surface area contributed by atoms with Crippen molar-refractivity contribution in [2.75, 3.05) is 13.3 Å². The fourth-order valence-corrected chi connectivity index (χ4v) is 5.94. The molecular weight excluding hydrogens is 484 g/mol. The Kier molecular flexibility index (Phi) is 9.28. The van der Waals surface area contributed by atoms with E-state index >= 15 is 0 Å². The van der Waals surface area contributed by atoms with Crippen LogP contribution in [0.15, 0.2) is 42.5 Å². The second-order valence-electron chi connectivity index (χ2n) is 10.1. The second-order valence-corrected chi connectivity index (χ2v) is 10.1. The Balaban J connectivity index is 1.33. The molecule has 4 rings (SSSR count). The van der Waals surface area contributed by atoms with Crippen LogP contribution >= 0.6 is 0 Å². The SMILES string of the molecule is CCOc1ccc(OC(=O)c2ccc(C3CCC(C4CCC(/C=C/CF)CC4)CC3)cc2F)c(F)c1F. The highest BCUT2D eigenvalue weighted by molar-refractivity contribution is 5.91. The summed E-state index contributed by atoms with van der Waals surface area (Å²) in [7, 11) is 0. The summed E-state index contributed by atoms with van der Waals surface area (Å²) in [5.74, 6) is -3.27. The van der Waals surface area contributed by atoms with E-state index in [1.54, 1.807) is 19.1 Å². The van der Waals surface area contributed by atoms with Crippen LogP contribution in [-0.2, 0) is 0 Å². The predicted molar refractivity (Wildman–Crippen MR) is 134 cm³/mol. The molecule has 2 aliphatic carbocycles. The highest BCUT2D eigenvalue weighted by atomic mass is 19.2. The number of alkyl halides is 1. The van der Waals surface area contributed by atoms with Crippen molar-refractivity contribution in [3.8, 4) is 11.5 Å². The van der Waals surface area contributed by atoms with Gasteiger partial charge in [-0.15, -0.1) is 0 Å². The van der Waals surface area contributed by atoms with E-state index in [2.05, 4.69) is 0 Å². The largest absolute Gasteiger partial charge is 0.491 e. The lowest BCUT2D eigenvalue weighted by Gasteiger charge is -2.37. The molecule has 0 unspecified atom stereocenters. The molecule has 0 N–H and O–H groups in total. The van der Waals surface area contributed by atoms with Crippen molar-refractivity contribution in [2.24, 2.45) is 17.8 Å². The van der Waals surface area contributed by atoms with Gasteiger partial charge in [-0.2, -0.15) is 8.78 Å². The zero-order valence-corrected chi connectivity index (χ0v) is 21.2. The number of esters is 1. The molecule has 0 heterocycles. The van der Waals surface area contributed by atoms with Crippen molar-refractivity contribution in [3.05, 3.63) is 71.1 Å². The van der Waals surface area contributed by atoms with Gasteiger partial charge in [-0.3, -0.25) is 0 Å². The molecule has 2 fully saturated rings. The monoisotopic (exact) mass is 518 g/mol. The summed E-state index contributed by atoms with van der Waals surface area (Å²) < 4.78 is 65.5. The van der Waals surface area contributed by atoms with E-state index in [-0.39, 0.29) is 23.8 Å². The number of benzene rings is 2. The van der Waals surface area contributed by atoms with Gasteiger partial charge in [-0.05, 0) is 112 Å². The van der Waals surface area contributed by atoms with Crippen LogP contribution in [0.3, 0.4) is 0 Å². The minimum atomic E-state index is -1.36. The van der Waals surface area contributed by atoms with Gasteiger partial charge in [0.15, 0.2) is 11.5 Å². The third-order valence-corrected chi connectivity index (χ3v) is 7.95. The van der Waals surface area contributed by atoms with Gasteiger partial charge in [0.1, 0.15) is 12.5 Å². The summed E-state index contributed by atoms with van der Waals surface area (Å²) in [6.07, 6.45) is 12.4. The Hall–Kier alpha value is -2.83. The fourth-order valence-electron chi connectivity index (χ4n) is 5.94. The summed E-state index contributed by atoms with van der Waals surface area (Å²) >= 11 is 0. The van der Waals surface area contributed by atoms with Crippen LogP contribution in [0, 0.1) is 35.2 Å². The van der Waals surface area contributed by atoms with E-state index in [0.29, 0.717) is 17.8 Å². The highest BCUT2D eigenvalue weighted by Gasteiger charge is 2.31. The summed E-state index contributed by atoms with van der Waals surface area (Å²) in [5, 5.41) is 0. The first-order valence-corrected chi connectivity index (χ1v) is 13.3. The molecule has 0 saturated heterocycles. The average molecular weight is 519 g/mol. The maximum Gasteiger partial charge on any atom is 0.346 e. The molecule has 2 aromatic rings. The molecular formula is C30H34F4O3. The van der Waals surface area contributed by atoms with Gasteiger partial charge in [0.25, 0.3) is 0 Å². The lowest BCUT2D eigenvalue weighted by molar-refractivity contribution is 0.0721. The minimum Gasteiger partial charge on any atom is -0.491 e. The summed E-state index contributed by atoms with van der Waals surface area (Å²) in [4.78, 5) is 12.5. The van der Waals surface area contributed by atoms with Crippen molar-refractivity contribution in [1.82, 2.24) is 0 Å². The zero-order valence-electron chi connectivity index (χ0n) is 21.2. The smallest absolute Gasteiger partial charge is 0.346 e. The van der Waals surface area contributed by atoms with Gasteiger partial charge in [-0.25, -0.2) is 13.6 Å². The summed E-state index contributed by atoms with van der Waals surface area (Å²) in [6.45, 7) is 1.38. The lowest BCUT2D eigenvalue weighted by Crippen LogP contribution is -2.25. The normalized spacial score (nSPS) is 24.2. The van der Waals surface area contributed by atoms with E-state index in [0.717, 1.165) is 56.2 Å². The molecule has 0 radical (unpaired) electrons. The van der Waals surface area contributed by atoms with Crippen molar-refractivity contribution < 1.29 is 31.8 Å². The predicted octanol–water partition coefficient (Wildman–Crippen LogP) is 8.33. The van der Waals surface area contributed by atoms with Gasteiger partial charge in [-0.1, -0.05) is 18.2 Å². The fraction of sp³-hybridized carbons (Fsp3) is 0.500. The first kappa shape index (κ1) is 27.2. The van der Waals surface area contributed by atoms with E-state index in [4.69, 9.17) is 9.47 Å². The molecule has 0 atom stereocenters. The van der Waals surface area contributed by atoms with E-state index < -0.39 is 35.8 Å². The standard InChI is InChI=1S/C30H34F4O3/c1-2-36-26-15-16-27(29(34)28(26)33)37-30(35)24-14-13-23(18-25(24)32)22-11-9-21(10-12-22)20-7-5-19(6-8-20)4-3-17-31/h3-4,13-16,18-22H,2,5-12,17H2,1H3/b4-3+. The molecule has 2 saturated carbocycles. The topological polar surface area (TPSA) is 35.5 Å². The quantitative estimate of drug-likeness (QED) is 0.153.